The Bertz CT molecular complexity index is 866. The van der Waals surface area contributed by atoms with Gasteiger partial charge in [0.1, 0.15) is 5.58 Å². The fourth-order valence-corrected chi connectivity index (χ4v) is 2.68. The Hall–Kier alpha value is -2.55. The van der Waals surface area contributed by atoms with E-state index in [0.717, 1.165) is 27.8 Å². The molecule has 0 aliphatic heterocycles. The first kappa shape index (κ1) is 14.4. The Morgan fingerprint density at radius 1 is 1.05 bits per heavy atom. The quantitative estimate of drug-likeness (QED) is 0.683. The standard InChI is InChI=1S/C19H19NO2/c1-13-9-10-17-15(11-18(21)22-19(17)14(13)2)12-20(3)16-7-5-4-6-8-16/h4-11H,12H2,1-3H3. The SMILES string of the molecule is Cc1ccc2c(CN(C)c3ccccc3)cc(=O)oc2c1C. The van der Waals surface area contributed by atoms with Gasteiger partial charge in [-0.3, -0.25) is 0 Å². The van der Waals surface area contributed by atoms with Gasteiger partial charge in [-0.1, -0.05) is 30.3 Å². The van der Waals surface area contributed by atoms with Crippen molar-refractivity contribution in [1.29, 1.82) is 0 Å². The predicted octanol–water partition coefficient (Wildman–Crippen LogP) is 4.05. The third kappa shape index (κ3) is 2.62. The molecule has 0 amide bonds. The first-order chi connectivity index (χ1) is 10.6. The summed E-state index contributed by atoms with van der Waals surface area (Å²) in [4.78, 5) is 14.0. The summed E-state index contributed by atoms with van der Waals surface area (Å²) in [7, 11) is 2.02. The topological polar surface area (TPSA) is 33.5 Å². The molecule has 3 aromatic rings. The summed E-state index contributed by atoms with van der Waals surface area (Å²) in [5.41, 5.74) is 4.66. The van der Waals surface area contributed by atoms with E-state index in [2.05, 4.69) is 23.1 Å². The van der Waals surface area contributed by atoms with Crippen LogP contribution in [0.1, 0.15) is 16.7 Å². The lowest BCUT2D eigenvalue weighted by atomic mass is 10.0. The molecular weight excluding hydrogens is 274 g/mol. The van der Waals surface area contributed by atoms with Crippen LogP contribution in [0.5, 0.6) is 0 Å². The second-order valence-corrected chi connectivity index (χ2v) is 5.67. The van der Waals surface area contributed by atoms with Crippen LogP contribution in [0.4, 0.5) is 5.69 Å². The second kappa shape index (κ2) is 5.68. The molecule has 0 fully saturated rings. The number of anilines is 1. The highest BCUT2D eigenvalue weighted by atomic mass is 16.4. The van der Waals surface area contributed by atoms with Gasteiger partial charge in [0.05, 0.1) is 0 Å². The maximum atomic E-state index is 11.9. The average molecular weight is 293 g/mol. The van der Waals surface area contributed by atoms with Crippen LogP contribution in [-0.4, -0.2) is 7.05 Å². The van der Waals surface area contributed by atoms with Crippen molar-refractivity contribution in [2.45, 2.75) is 20.4 Å². The van der Waals surface area contributed by atoms with E-state index in [1.807, 2.05) is 45.2 Å². The van der Waals surface area contributed by atoms with Crippen LogP contribution < -0.4 is 10.5 Å². The van der Waals surface area contributed by atoms with Crippen LogP contribution in [-0.2, 0) is 6.54 Å². The van der Waals surface area contributed by atoms with Crippen molar-refractivity contribution in [2.24, 2.45) is 0 Å². The highest BCUT2D eigenvalue weighted by Gasteiger charge is 2.11. The van der Waals surface area contributed by atoms with Gasteiger partial charge in [0.25, 0.3) is 0 Å². The molecule has 1 heterocycles. The molecule has 0 saturated heterocycles. The van der Waals surface area contributed by atoms with Gasteiger partial charge >= 0.3 is 5.63 Å². The van der Waals surface area contributed by atoms with Crippen molar-refractivity contribution >= 4 is 16.7 Å². The van der Waals surface area contributed by atoms with E-state index < -0.39 is 0 Å². The van der Waals surface area contributed by atoms with Crippen molar-refractivity contribution in [3.63, 3.8) is 0 Å². The van der Waals surface area contributed by atoms with Crippen LogP contribution in [0, 0.1) is 13.8 Å². The van der Waals surface area contributed by atoms with Crippen molar-refractivity contribution < 1.29 is 4.42 Å². The molecule has 112 valence electrons. The van der Waals surface area contributed by atoms with Crippen molar-refractivity contribution in [3.8, 4) is 0 Å². The molecule has 0 aliphatic carbocycles. The minimum absolute atomic E-state index is 0.294. The summed E-state index contributed by atoms with van der Waals surface area (Å²) in [6.45, 7) is 4.68. The van der Waals surface area contributed by atoms with Crippen molar-refractivity contribution in [3.05, 3.63) is 75.6 Å². The maximum absolute atomic E-state index is 11.9. The number of aryl methyl sites for hydroxylation is 2. The molecule has 0 unspecified atom stereocenters. The molecule has 0 aliphatic rings. The Morgan fingerprint density at radius 3 is 2.50 bits per heavy atom. The Kier molecular flexibility index (Phi) is 3.72. The van der Waals surface area contributed by atoms with Gasteiger partial charge in [0, 0.05) is 30.7 Å². The average Bonchev–Trinajstić information content (AvgIpc) is 2.52. The normalized spacial score (nSPS) is 10.9. The van der Waals surface area contributed by atoms with Crippen LogP contribution in [0.15, 0.2) is 57.7 Å². The summed E-state index contributed by atoms with van der Waals surface area (Å²) < 4.78 is 5.43. The van der Waals surface area contributed by atoms with Crippen molar-refractivity contribution in [1.82, 2.24) is 0 Å². The molecule has 0 bridgehead atoms. The van der Waals surface area contributed by atoms with Gasteiger partial charge < -0.3 is 9.32 Å². The maximum Gasteiger partial charge on any atom is 0.336 e. The molecule has 0 spiro atoms. The van der Waals surface area contributed by atoms with Crippen LogP contribution >= 0.6 is 0 Å². The summed E-state index contributed by atoms with van der Waals surface area (Å²) in [6.07, 6.45) is 0. The zero-order valence-electron chi connectivity index (χ0n) is 13.1. The highest BCUT2D eigenvalue weighted by molar-refractivity contribution is 5.84. The minimum Gasteiger partial charge on any atom is -0.422 e. The summed E-state index contributed by atoms with van der Waals surface area (Å²) >= 11 is 0. The second-order valence-electron chi connectivity index (χ2n) is 5.67. The van der Waals surface area contributed by atoms with E-state index >= 15 is 0 Å². The van der Waals surface area contributed by atoms with Gasteiger partial charge in [-0.2, -0.15) is 0 Å². The third-order valence-electron chi connectivity index (χ3n) is 4.12. The number of hydrogen-bond acceptors (Lipinski definition) is 3. The molecule has 3 heteroatoms. The fourth-order valence-electron chi connectivity index (χ4n) is 2.68. The molecule has 0 N–H and O–H groups in total. The molecule has 3 nitrogen and oxygen atoms in total. The molecule has 0 atom stereocenters. The van der Waals surface area contributed by atoms with Crippen LogP contribution in [0.2, 0.25) is 0 Å². The molecule has 0 radical (unpaired) electrons. The van der Waals surface area contributed by atoms with E-state index in [-0.39, 0.29) is 5.63 Å². The van der Waals surface area contributed by atoms with E-state index in [1.54, 1.807) is 6.07 Å². The number of para-hydroxylation sites is 1. The third-order valence-corrected chi connectivity index (χ3v) is 4.12. The lowest BCUT2D eigenvalue weighted by molar-refractivity contribution is 0.556. The number of nitrogens with zero attached hydrogens (tertiary/aromatic N) is 1. The zero-order chi connectivity index (χ0) is 15.7. The van der Waals surface area contributed by atoms with E-state index in [0.29, 0.717) is 12.1 Å². The molecule has 0 saturated carbocycles. The fraction of sp³-hybridized carbons (Fsp3) is 0.211. The largest absolute Gasteiger partial charge is 0.422 e. The number of fused-ring (bicyclic) bond motifs is 1. The van der Waals surface area contributed by atoms with E-state index in [1.165, 1.54) is 0 Å². The predicted molar refractivity (Wildman–Crippen MR) is 90.5 cm³/mol. The van der Waals surface area contributed by atoms with Gasteiger partial charge in [-0.05, 0) is 42.7 Å². The van der Waals surface area contributed by atoms with Gasteiger partial charge in [0.15, 0.2) is 0 Å². The molecule has 1 aromatic heterocycles. The molecular formula is C19H19NO2. The Morgan fingerprint density at radius 2 is 1.77 bits per heavy atom. The van der Waals surface area contributed by atoms with Crippen molar-refractivity contribution in [2.75, 3.05) is 11.9 Å². The summed E-state index contributed by atoms with van der Waals surface area (Å²) in [5.74, 6) is 0. The highest BCUT2D eigenvalue weighted by Crippen LogP contribution is 2.25. The lowest BCUT2D eigenvalue weighted by Gasteiger charge is -2.20. The van der Waals surface area contributed by atoms with E-state index in [9.17, 15) is 4.79 Å². The molecule has 22 heavy (non-hydrogen) atoms. The monoisotopic (exact) mass is 293 g/mol. The molecule has 3 rings (SSSR count). The van der Waals surface area contributed by atoms with Gasteiger partial charge in [0.2, 0.25) is 0 Å². The van der Waals surface area contributed by atoms with Crippen LogP contribution in [0.3, 0.4) is 0 Å². The number of benzene rings is 2. The smallest absolute Gasteiger partial charge is 0.336 e. The zero-order valence-corrected chi connectivity index (χ0v) is 13.1. The van der Waals surface area contributed by atoms with Gasteiger partial charge in [-0.25, -0.2) is 4.79 Å². The summed E-state index contributed by atoms with van der Waals surface area (Å²) in [5, 5.41) is 1.01. The number of hydrogen-bond donors (Lipinski definition) is 0. The lowest BCUT2D eigenvalue weighted by Crippen LogP contribution is -2.17. The first-order valence-corrected chi connectivity index (χ1v) is 7.35. The first-order valence-electron chi connectivity index (χ1n) is 7.35. The Balaban J connectivity index is 2.08. The summed E-state index contributed by atoms with van der Waals surface area (Å²) in [6, 6.07) is 15.8. The van der Waals surface area contributed by atoms with E-state index in [4.69, 9.17) is 4.42 Å². The molecule has 2 aromatic carbocycles. The number of rotatable bonds is 3. The van der Waals surface area contributed by atoms with Crippen LogP contribution in [0.25, 0.3) is 11.0 Å². The van der Waals surface area contributed by atoms with Gasteiger partial charge in [-0.15, -0.1) is 0 Å². The minimum atomic E-state index is -0.294. The Labute approximate surface area is 129 Å².